The SMILES string of the molecule is CCNC(=NCC(=O)N(C)CC(F)(F)F)NC1CCCC1.I. The number of amides is 1. The van der Waals surface area contributed by atoms with Crippen LogP contribution in [0, 0.1) is 0 Å². The van der Waals surface area contributed by atoms with Crippen molar-refractivity contribution in [2.24, 2.45) is 4.99 Å². The first kappa shape index (κ1) is 21.3. The summed E-state index contributed by atoms with van der Waals surface area (Å²) in [7, 11) is 1.13. The van der Waals surface area contributed by atoms with Gasteiger partial charge in [-0.15, -0.1) is 24.0 Å². The number of hydrogen-bond donors (Lipinski definition) is 2. The normalized spacial score (nSPS) is 16.1. The lowest BCUT2D eigenvalue weighted by Gasteiger charge is -2.19. The zero-order valence-corrected chi connectivity index (χ0v) is 15.2. The fourth-order valence-corrected chi connectivity index (χ4v) is 2.21. The van der Waals surface area contributed by atoms with Crippen molar-refractivity contribution in [1.82, 2.24) is 15.5 Å². The van der Waals surface area contributed by atoms with Crippen molar-refractivity contribution in [3.8, 4) is 0 Å². The topological polar surface area (TPSA) is 56.7 Å². The van der Waals surface area contributed by atoms with Crippen LogP contribution in [0.2, 0.25) is 0 Å². The highest BCUT2D eigenvalue weighted by Gasteiger charge is 2.31. The quantitative estimate of drug-likeness (QED) is 0.395. The maximum absolute atomic E-state index is 12.2. The molecule has 22 heavy (non-hydrogen) atoms. The smallest absolute Gasteiger partial charge is 0.357 e. The summed E-state index contributed by atoms with van der Waals surface area (Å²) in [5.41, 5.74) is 0. The largest absolute Gasteiger partial charge is 0.406 e. The molecule has 0 aliphatic heterocycles. The van der Waals surface area contributed by atoms with Crippen LogP contribution in [-0.4, -0.2) is 55.7 Å². The van der Waals surface area contributed by atoms with E-state index in [0.29, 0.717) is 23.4 Å². The van der Waals surface area contributed by atoms with Crippen molar-refractivity contribution in [1.29, 1.82) is 0 Å². The summed E-state index contributed by atoms with van der Waals surface area (Å²) in [4.78, 5) is 16.3. The first-order valence-corrected chi connectivity index (χ1v) is 7.17. The number of nitrogens with one attached hydrogen (secondary N) is 2. The molecule has 0 spiro atoms. The van der Waals surface area contributed by atoms with Gasteiger partial charge in [0, 0.05) is 19.6 Å². The van der Waals surface area contributed by atoms with Crippen molar-refractivity contribution in [3.63, 3.8) is 0 Å². The number of alkyl halides is 3. The van der Waals surface area contributed by atoms with Gasteiger partial charge in [0.2, 0.25) is 5.91 Å². The minimum atomic E-state index is -4.39. The van der Waals surface area contributed by atoms with Crippen LogP contribution >= 0.6 is 24.0 Å². The van der Waals surface area contributed by atoms with Crippen LogP contribution in [0.5, 0.6) is 0 Å². The number of halogens is 4. The van der Waals surface area contributed by atoms with Crippen molar-refractivity contribution in [3.05, 3.63) is 0 Å². The molecule has 1 saturated carbocycles. The molecule has 0 heterocycles. The molecule has 0 unspecified atom stereocenters. The standard InChI is InChI=1S/C13H23F3N4O.HI/c1-3-17-12(19-10-6-4-5-7-10)18-8-11(21)20(2)9-13(14,15)16;/h10H,3-9H2,1-2H3,(H2,17,18,19);1H. The third-order valence-electron chi connectivity index (χ3n) is 3.25. The van der Waals surface area contributed by atoms with E-state index in [2.05, 4.69) is 15.6 Å². The lowest BCUT2D eigenvalue weighted by Crippen LogP contribution is -2.43. The molecule has 9 heteroatoms. The molecule has 1 aliphatic carbocycles. The molecule has 0 aromatic carbocycles. The average Bonchev–Trinajstić information content (AvgIpc) is 2.86. The van der Waals surface area contributed by atoms with Crippen molar-refractivity contribution >= 4 is 35.8 Å². The van der Waals surface area contributed by atoms with Gasteiger partial charge in [0.25, 0.3) is 0 Å². The molecule has 1 fully saturated rings. The molecule has 1 rings (SSSR count). The molecule has 2 N–H and O–H groups in total. The van der Waals surface area contributed by atoms with Gasteiger partial charge in [0.1, 0.15) is 13.1 Å². The Morgan fingerprint density at radius 1 is 1.32 bits per heavy atom. The molecule has 0 aromatic heterocycles. The van der Waals surface area contributed by atoms with Crippen LogP contribution in [0.3, 0.4) is 0 Å². The Bertz CT molecular complexity index is 371. The van der Waals surface area contributed by atoms with Gasteiger partial charge in [0.05, 0.1) is 0 Å². The molecule has 0 saturated heterocycles. The van der Waals surface area contributed by atoms with E-state index >= 15 is 0 Å². The lowest BCUT2D eigenvalue weighted by molar-refractivity contribution is -0.157. The summed E-state index contributed by atoms with van der Waals surface area (Å²) >= 11 is 0. The zero-order chi connectivity index (χ0) is 15.9. The number of likely N-dealkylation sites (N-methyl/N-ethyl adjacent to an activating group) is 1. The van der Waals surface area contributed by atoms with E-state index in [0.717, 1.165) is 32.7 Å². The van der Waals surface area contributed by atoms with Gasteiger partial charge in [-0.05, 0) is 19.8 Å². The molecule has 0 atom stereocenters. The molecule has 0 radical (unpaired) electrons. The van der Waals surface area contributed by atoms with E-state index in [1.54, 1.807) is 0 Å². The Kier molecular flexibility index (Phi) is 9.77. The molecule has 1 aliphatic rings. The van der Waals surface area contributed by atoms with Crippen LogP contribution in [0.1, 0.15) is 32.6 Å². The van der Waals surface area contributed by atoms with Crippen LogP contribution in [0.25, 0.3) is 0 Å². The minimum Gasteiger partial charge on any atom is -0.357 e. The van der Waals surface area contributed by atoms with Gasteiger partial charge >= 0.3 is 6.18 Å². The van der Waals surface area contributed by atoms with Crippen LogP contribution < -0.4 is 10.6 Å². The van der Waals surface area contributed by atoms with Gasteiger partial charge in [-0.3, -0.25) is 4.79 Å². The summed E-state index contributed by atoms with van der Waals surface area (Å²) in [5.74, 6) is -0.172. The molecule has 0 aromatic rings. The van der Waals surface area contributed by atoms with Gasteiger partial charge in [0.15, 0.2) is 5.96 Å². The fraction of sp³-hybridized carbons (Fsp3) is 0.846. The third-order valence-corrected chi connectivity index (χ3v) is 3.25. The maximum Gasteiger partial charge on any atom is 0.406 e. The summed E-state index contributed by atoms with van der Waals surface area (Å²) in [6, 6.07) is 0.325. The van der Waals surface area contributed by atoms with Gasteiger partial charge in [-0.1, -0.05) is 12.8 Å². The van der Waals surface area contributed by atoms with Crippen LogP contribution in [0.4, 0.5) is 13.2 Å². The van der Waals surface area contributed by atoms with E-state index in [4.69, 9.17) is 0 Å². The number of hydrogen-bond acceptors (Lipinski definition) is 2. The highest BCUT2D eigenvalue weighted by Crippen LogP contribution is 2.17. The second kappa shape index (κ2) is 10.1. The van der Waals surface area contributed by atoms with E-state index in [9.17, 15) is 18.0 Å². The van der Waals surface area contributed by atoms with Gasteiger partial charge in [-0.2, -0.15) is 13.2 Å². The summed E-state index contributed by atoms with van der Waals surface area (Å²) in [6.07, 6.45) is 0.0219. The fourth-order valence-electron chi connectivity index (χ4n) is 2.21. The first-order chi connectivity index (χ1) is 9.81. The molecule has 1 amide bonds. The minimum absolute atomic E-state index is 0. The number of carbonyl (C=O) groups is 1. The Morgan fingerprint density at radius 2 is 1.91 bits per heavy atom. The summed E-state index contributed by atoms with van der Waals surface area (Å²) in [5, 5.41) is 6.20. The Morgan fingerprint density at radius 3 is 2.41 bits per heavy atom. The van der Waals surface area contributed by atoms with Gasteiger partial charge < -0.3 is 15.5 Å². The predicted molar refractivity (Wildman–Crippen MR) is 90.5 cm³/mol. The third kappa shape index (κ3) is 8.64. The van der Waals surface area contributed by atoms with E-state index < -0.39 is 18.6 Å². The van der Waals surface area contributed by atoms with E-state index in [-0.39, 0.29) is 30.5 Å². The number of aliphatic imine (C=N–C) groups is 1. The average molecular weight is 436 g/mol. The number of rotatable bonds is 5. The molecule has 5 nitrogen and oxygen atoms in total. The lowest BCUT2D eigenvalue weighted by atomic mass is 10.2. The predicted octanol–water partition coefficient (Wildman–Crippen LogP) is 2.12. The number of nitrogens with zero attached hydrogens (tertiary/aromatic N) is 2. The van der Waals surface area contributed by atoms with Crippen LogP contribution in [-0.2, 0) is 4.79 Å². The van der Waals surface area contributed by atoms with Crippen molar-refractivity contribution < 1.29 is 18.0 Å². The maximum atomic E-state index is 12.2. The second-order valence-corrected chi connectivity index (χ2v) is 5.19. The van der Waals surface area contributed by atoms with E-state index in [1.807, 2.05) is 6.92 Å². The molecule has 130 valence electrons. The monoisotopic (exact) mass is 436 g/mol. The summed E-state index contributed by atoms with van der Waals surface area (Å²) in [6.45, 7) is 0.969. The van der Waals surface area contributed by atoms with Gasteiger partial charge in [-0.25, -0.2) is 4.99 Å². The zero-order valence-electron chi connectivity index (χ0n) is 12.9. The Balaban J connectivity index is 0.00000441. The number of carbonyl (C=O) groups excluding carboxylic acids is 1. The van der Waals surface area contributed by atoms with Crippen molar-refractivity contribution in [2.45, 2.75) is 44.8 Å². The molecule has 0 bridgehead atoms. The highest BCUT2D eigenvalue weighted by atomic mass is 127. The molecular weight excluding hydrogens is 412 g/mol. The second-order valence-electron chi connectivity index (χ2n) is 5.19. The van der Waals surface area contributed by atoms with Crippen LogP contribution in [0.15, 0.2) is 4.99 Å². The molecular formula is C13H24F3IN4O. The number of guanidine groups is 1. The Labute approximate surface area is 146 Å². The first-order valence-electron chi connectivity index (χ1n) is 7.17. The Hall–Kier alpha value is -0.740. The van der Waals surface area contributed by atoms with Crippen molar-refractivity contribution in [2.75, 3.05) is 26.7 Å². The van der Waals surface area contributed by atoms with E-state index in [1.165, 1.54) is 0 Å². The summed E-state index contributed by atoms with van der Waals surface area (Å²) < 4.78 is 36.6. The highest BCUT2D eigenvalue weighted by molar-refractivity contribution is 14.0.